The van der Waals surface area contributed by atoms with Gasteiger partial charge in [-0.15, -0.1) is 0 Å². The minimum atomic E-state index is -0.124. The SMILES string of the molecule is COc1ccc(OCCNC(=O)c2ccns2)cc1. The van der Waals surface area contributed by atoms with Crippen LogP contribution in [0.4, 0.5) is 0 Å². The van der Waals surface area contributed by atoms with Crippen LogP contribution in [0.1, 0.15) is 9.67 Å². The van der Waals surface area contributed by atoms with Crippen molar-refractivity contribution in [2.75, 3.05) is 20.3 Å². The Balaban J connectivity index is 1.70. The molecule has 1 amide bonds. The van der Waals surface area contributed by atoms with Crippen molar-refractivity contribution in [1.29, 1.82) is 0 Å². The second kappa shape index (κ2) is 6.75. The fourth-order valence-corrected chi connectivity index (χ4v) is 1.94. The molecule has 0 aliphatic heterocycles. The molecule has 5 nitrogen and oxygen atoms in total. The van der Waals surface area contributed by atoms with Crippen molar-refractivity contribution < 1.29 is 14.3 Å². The first-order valence-corrected chi connectivity index (χ1v) is 6.52. The van der Waals surface area contributed by atoms with Crippen LogP contribution in [0.2, 0.25) is 0 Å². The summed E-state index contributed by atoms with van der Waals surface area (Å²) in [4.78, 5) is 12.2. The van der Waals surface area contributed by atoms with E-state index in [0.29, 0.717) is 18.0 Å². The zero-order chi connectivity index (χ0) is 13.5. The van der Waals surface area contributed by atoms with Gasteiger partial charge in [0.05, 0.1) is 13.7 Å². The van der Waals surface area contributed by atoms with E-state index in [1.54, 1.807) is 19.4 Å². The molecule has 0 saturated heterocycles. The number of hydrogen-bond acceptors (Lipinski definition) is 5. The third-order valence-corrected chi connectivity index (χ3v) is 3.12. The van der Waals surface area contributed by atoms with E-state index in [4.69, 9.17) is 9.47 Å². The standard InChI is InChI=1S/C13H14N2O3S/c1-17-10-2-4-11(5-3-10)18-9-8-14-13(16)12-6-7-15-19-12/h2-7H,8-9H2,1H3,(H,14,16). The third-order valence-electron chi connectivity index (χ3n) is 2.38. The van der Waals surface area contributed by atoms with Crippen LogP contribution in [-0.4, -0.2) is 30.5 Å². The summed E-state index contributed by atoms with van der Waals surface area (Å²) in [6, 6.07) is 8.98. The number of methoxy groups -OCH3 is 1. The van der Waals surface area contributed by atoms with E-state index in [0.717, 1.165) is 11.5 Å². The lowest BCUT2D eigenvalue weighted by molar-refractivity contribution is 0.0951. The molecule has 100 valence electrons. The smallest absolute Gasteiger partial charge is 0.263 e. The van der Waals surface area contributed by atoms with E-state index in [-0.39, 0.29) is 5.91 Å². The lowest BCUT2D eigenvalue weighted by Gasteiger charge is -2.07. The molecule has 0 radical (unpaired) electrons. The first-order chi connectivity index (χ1) is 9.29. The predicted molar refractivity (Wildman–Crippen MR) is 72.9 cm³/mol. The lowest BCUT2D eigenvalue weighted by atomic mass is 10.3. The van der Waals surface area contributed by atoms with E-state index in [1.807, 2.05) is 24.3 Å². The van der Waals surface area contributed by atoms with Crippen molar-refractivity contribution in [3.63, 3.8) is 0 Å². The van der Waals surface area contributed by atoms with E-state index in [9.17, 15) is 4.79 Å². The Kier molecular flexibility index (Phi) is 4.74. The highest BCUT2D eigenvalue weighted by Crippen LogP contribution is 2.16. The maximum atomic E-state index is 11.6. The van der Waals surface area contributed by atoms with Crippen molar-refractivity contribution in [3.8, 4) is 11.5 Å². The Labute approximate surface area is 115 Å². The van der Waals surface area contributed by atoms with Crippen LogP contribution in [0.3, 0.4) is 0 Å². The van der Waals surface area contributed by atoms with Crippen LogP contribution in [-0.2, 0) is 0 Å². The topological polar surface area (TPSA) is 60.5 Å². The van der Waals surface area contributed by atoms with Crippen molar-refractivity contribution >= 4 is 17.4 Å². The van der Waals surface area contributed by atoms with Gasteiger partial charge in [0, 0.05) is 6.20 Å². The summed E-state index contributed by atoms with van der Waals surface area (Å²) in [5, 5.41) is 2.76. The van der Waals surface area contributed by atoms with Gasteiger partial charge in [-0.2, -0.15) is 0 Å². The number of amides is 1. The van der Waals surface area contributed by atoms with Gasteiger partial charge in [-0.25, -0.2) is 4.37 Å². The summed E-state index contributed by atoms with van der Waals surface area (Å²) in [6.45, 7) is 0.861. The Bertz CT molecular complexity index is 511. The number of rotatable bonds is 6. The van der Waals surface area contributed by atoms with Crippen LogP contribution < -0.4 is 14.8 Å². The molecule has 1 heterocycles. The van der Waals surface area contributed by atoms with Gasteiger partial charge in [0.25, 0.3) is 5.91 Å². The van der Waals surface area contributed by atoms with Crippen LogP contribution in [0.15, 0.2) is 36.5 Å². The average molecular weight is 278 g/mol. The van der Waals surface area contributed by atoms with Crippen molar-refractivity contribution in [1.82, 2.24) is 9.69 Å². The fourth-order valence-electron chi connectivity index (χ4n) is 1.43. The minimum Gasteiger partial charge on any atom is -0.497 e. The number of nitrogens with one attached hydrogen (secondary N) is 1. The fraction of sp³-hybridized carbons (Fsp3) is 0.231. The van der Waals surface area contributed by atoms with Gasteiger partial charge in [0.2, 0.25) is 0 Å². The maximum absolute atomic E-state index is 11.6. The molecule has 0 fully saturated rings. The normalized spacial score (nSPS) is 9.95. The number of carbonyl (C=O) groups is 1. The Morgan fingerprint density at radius 2 is 2.00 bits per heavy atom. The van der Waals surface area contributed by atoms with Crippen molar-refractivity contribution in [2.45, 2.75) is 0 Å². The second-order valence-electron chi connectivity index (χ2n) is 3.66. The molecule has 0 bridgehead atoms. The molecule has 19 heavy (non-hydrogen) atoms. The van der Waals surface area contributed by atoms with E-state index < -0.39 is 0 Å². The second-order valence-corrected chi connectivity index (χ2v) is 4.49. The minimum absolute atomic E-state index is 0.124. The molecule has 1 aromatic carbocycles. The number of benzene rings is 1. The summed E-state index contributed by atoms with van der Waals surface area (Å²) in [5.41, 5.74) is 0. The molecule has 1 aromatic heterocycles. The van der Waals surface area contributed by atoms with Crippen molar-refractivity contribution in [2.24, 2.45) is 0 Å². The summed E-state index contributed by atoms with van der Waals surface area (Å²) in [5.74, 6) is 1.40. The molecule has 1 N–H and O–H groups in total. The maximum Gasteiger partial charge on any atom is 0.263 e. The van der Waals surface area contributed by atoms with E-state index in [2.05, 4.69) is 9.69 Å². The Hall–Kier alpha value is -2.08. The summed E-state index contributed by atoms with van der Waals surface area (Å²) >= 11 is 1.17. The summed E-state index contributed by atoms with van der Waals surface area (Å²) < 4.78 is 14.4. The van der Waals surface area contributed by atoms with Crippen LogP contribution in [0, 0.1) is 0 Å². The summed E-state index contributed by atoms with van der Waals surface area (Å²) in [6.07, 6.45) is 1.60. The van der Waals surface area contributed by atoms with Crippen LogP contribution in [0.25, 0.3) is 0 Å². The zero-order valence-electron chi connectivity index (χ0n) is 10.5. The Morgan fingerprint density at radius 1 is 1.26 bits per heavy atom. The van der Waals surface area contributed by atoms with Gasteiger partial charge in [-0.3, -0.25) is 4.79 Å². The largest absolute Gasteiger partial charge is 0.497 e. The van der Waals surface area contributed by atoms with Gasteiger partial charge in [0.1, 0.15) is 23.0 Å². The quantitative estimate of drug-likeness (QED) is 0.821. The van der Waals surface area contributed by atoms with E-state index in [1.165, 1.54) is 11.5 Å². The van der Waals surface area contributed by atoms with Crippen molar-refractivity contribution in [3.05, 3.63) is 41.4 Å². The molecular weight excluding hydrogens is 264 g/mol. The number of ether oxygens (including phenoxy) is 2. The third kappa shape index (κ3) is 3.96. The van der Waals surface area contributed by atoms with Gasteiger partial charge in [-0.1, -0.05) is 0 Å². The molecule has 0 saturated carbocycles. The summed E-state index contributed by atoms with van der Waals surface area (Å²) in [7, 11) is 1.62. The molecule has 0 aliphatic rings. The molecule has 2 aromatic rings. The van der Waals surface area contributed by atoms with Gasteiger partial charge < -0.3 is 14.8 Å². The number of aromatic nitrogens is 1. The molecule has 0 aliphatic carbocycles. The molecule has 0 spiro atoms. The monoisotopic (exact) mass is 278 g/mol. The number of nitrogens with zero attached hydrogens (tertiary/aromatic N) is 1. The highest BCUT2D eigenvalue weighted by Gasteiger charge is 2.05. The first-order valence-electron chi connectivity index (χ1n) is 5.75. The number of carbonyl (C=O) groups excluding carboxylic acids is 1. The zero-order valence-corrected chi connectivity index (χ0v) is 11.3. The molecule has 0 unspecified atom stereocenters. The average Bonchev–Trinajstić information content (AvgIpc) is 2.98. The molecule has 2 rings (SSSR count). The van der Waals surface area contributed by atoms with Gasteiger partial charge in [-0.05, 0) is 41.9 Å². The van der Waals surface area contributed by atoms with E-state index >= 15 is 0 Å². The lowest BCUT2D eigenvalue weighted by Crippen LogP contribution is -2.27. The predicted octanol–water partition coefficient (Wildman–Crippen LogP) is 1.96. The highest BCUT2D eigenvalue weighted by atomic mass is 32.1. The first kappa shape index (κ1) is 13.4. The molecule has 0 atom stereocenters. The highest BCUT2D eigenvalue weighted by molar-refractivity contribution is 7.08. The van der Waals surface area contributed by atoms with Crippen LogP contribution in [0.5, 0.6) is 11.5 Å². The van der Waals surface area contributed by atoms with Gasteiger partial charge >= 0.3 is 0 Å². The molecule has 6 heteroatoms. The Morgan fingerprint density at radius 3 is 2.63 bits per heavy atom. The van der Waals surface area contributed by atoms with Crippen LogP contribution >= 0.6 is 11.5 Å². The van der Waals surface area contributed by atoms with Gasteiger partial charge in [0.15, 0.2) is 0 Å². The number of hydrogen-bond donors (Lipinski definition) is 1. The molecular formula is C13H14N2O3S.